The molecule has 6 heteroatoms. The molecule has 4 aromatic rings. The van der Waals surface area contributed by atoms with Gasteiger partial charge in [0, 0.05) is 34.8 Å². The molecule has 1 aromatic heterocycles. The monoisotopic (exact) mass is 425 g/mol. The highest BCUT2D eigenvalue weighted by Gasteiger charge is 2.16. The van der Waals surface area contributed by atoms with E-state index in [0.29, 0.717) is 22.5 Å². The Balaban J connectivity index is 1.60. The fraction of sp³-hybridized carbons (Fsp3) is 0.0385. The number of benzene rings is 3. The van der Waals surface area contributed by atoms with E-state index in [0.717, 1.165) is 16.7 Å². The molecule has 0 aliphatic carbocycles. The van der Waals surface area contributed by atoms with Crippen LogP contribution in [0.2, 0.25) is 0 Å². The third-order valence-corrected chi connectivity index (χ3v) is 4.92. The number of carbonyl (C=O) groups excluding carboxylic acids is 2. The number of halogens is 1. The quantitative estimate of drug-likeness (QED) is 0.431. The Kier molecular flexibility index (Phi) is 6.03. The minimum Gasteiger partial charge on any atom is -0.321 e. The van der Waals surface area contributed by atoms with Crippen LogP contribution in [0.4, 0.5) is 15.8 Å². The predicted molar refractivity (Wildman–Crippen MR) is 123 cm³/mol. The smallest absolute Gasteiger partial charge is 0.257 e. The lowest BCUT2D eigenvalue weighted by Gasteiger charge is -2.15. The van der Waals surface area contributed by atoms with E-state index in [-0.39, 0.29) is 5.91 Å². The minimum absolute atomic E-state index is 0.291. The zero-order valence-electron chi connectivity index (χ0n) is 17.3. The molecule has 32 heavy (non-hydrogen) atoms. The molecule has 3 aromatic carbocycles. The van der Waals surface area contributed by atoms with E-state index in [1.54, 1.807) is 36.7 Å². The average Bonchev–Trinajstić information content (AvgIpc) is 2.81. The van der Waals surface area contributed by atoms with Crippen molar-refractivity contribution in [1.29, 1.82) is 0 Å². The number of pyridine rings is 1. The third-order valence-electron chi connectivity index (χ3n) is 4.92. The Morgan fingerprint density at radius 3 is 2.31 bits per heavy atom. The highest BCUT2D eigenvalue weighted by molar-refractivity contribution is 6.13. The van der Waals surface area contributed by atoms with Gasteiger partial charge in [-0.1, -0.05) is 29.8 Å². The van der Waals surface area contributed by atoms with E-state index in [1.165, 1.54) is 24.3 Å². The maximum atomic E-state index is 13.1. The van der Waals surface area contributed by atoms with Gasteiger partial charge in [-0.25, -0.2) is 4.39 Å². The van der Waals surface area contributed by atoms with Gasteiger partial charge in [-0.3, -0.25) is 14.6 Å². The van der Waals surface area contributed by atoms with Crippen LogP contribution in [0.15, 0.2) is 91.3 Å². The summed E-state index contributed by atoms with van der Waals surface area (Å²) in [4.78, 5) is 29.9. The second kappa shape index (κ2) is 9.22. The summed E-state index contributed by atoms with van der Waals surface area (Å²) in [6, 6.07) is 21.4. The molecule has 0 radical (unpaired) electrons. The molecule has 158 valence electrons. The standard InChI is InChI=1S/C26H20FN3O2/c1-17-8-13-24(22(15-17)19-5-4-14-28-16-19)30-26(32)21-6-2-3-7-23(21)29-25(31)18-9-11-20(27)12-10-18/h2-16H,1H3,(H,29,31)(H,30,32). The number of anilines is 2. The predicted octanol–water partition coefficient (Wildman–Crippen LogP) is 5.70. The van der Waals surface area contributed by atoms with Crippen LogP contribution in [0, 0.1) is 12.7 Å². The van der Waals surface area contributed by atoms with Gasteiger partial charge in [0.1, 0.15) is 5.82 Å². The second-order valence-electron chi connectivity index (χ2n) is 7.25. The maximum Gasteiger partial charge on any atom is 0.257 e. The van der Waals surface area contributed by atoms with Crippen LogP contribution in [-0.2, 0) is 0 Å². The van der Waals surface area contributed by atoms with Crippen molar-refractivity contribution in [2.45, 2.75) is 6.92 Å². The number of para-hydroxylation sites is 1. The summed E-state index contributed by atoms with van der Waals surface area (Å²) in [5, 5.41) is 5.68. The number of nitrogens with zero attached hydrogens (tertiary/aromatic N) is 1. The number of hydrogen-bond acceptors (Lipinski definition) is 3. The number of hydrogen-bond donors (Lipinski definition) is 2. The summed E-state index contributed by atoms with van der Waals surface area (Å²) < 4.78 is 13.1. The van der Waals surface area contributed by atoms with Crippen LogP contribution >= 0.6 is 0 Å². The Morgan fingerprint density at radius 2 is 1.56 bits per heavy atom. The highest BCUT2D eigenvalue weighted by atomic mass is 19.1. The van der Waals surface area contributed by atoms with Gasteiger partial charge in [0.25, 0.3) is 11.8 Å². The first kappa shape index (κ1) is 20.9. The molecular formula is C26H20FN3O2. The number of rotatable bonds is 5. The van der Waals surface area contributed by atoms with E-state index < -0.39 is 11.7 Å². The molecule has 0 atom stereocenters. The van der Waals surface area contributed by atoms with Crippen LogP contribution in [0.3, 0.4) is 0 Å². The lowest BCUT2D eigenvalue weighted by Crippen LogP contribution is -2.18. The largest absolute Gasteiger partial charge is 0.321 e. The summed E-state index contributed by atoms with van der Waals surface area (Å²) in [5.41, 5.74) is 4.36. The van der Waals surface area contributed by atoms with Crippen molar-refractivity contribution in [2.24, 2.45) is 0 Å². The summed E-state index contributed by atoms with van der Waals surface area (Å²) >= 11 is 0. The van der Waals surface area contributed by atoms with Gasteiger partial charge >= 0.3 is 0 Å². The molecule has 4 rings (SSSR count). The summed E-state index contributed by atoms with van der Waals surface area (Å²) in [6.07, 6.45) is 3.43. The molecule has 0 fully saturated rings. The second-order valence-corrected chi connectivity index (χ2v) is 7.25. The fourth-order valence-corrected chi connectivity index (χ4v) is 3.30. The third kappa shape index (κ3) is 4.70. The van der Waals surface area contributed by atoms with Crippen LogP contribution < -0.4 is 10.6 Å². The number of nitrogens with one attached hydrogen (secondary N) is 2. The van der Waals surface area contributed by atoms with E-state index in [4.69, 9.17) is 0 Å². The van der Waals surface area contributed by atoms with Gasteiger partial charge in [-0.2, -0.15) is 0 Å². The summed E-state index contributed by atoms with van der Waals surface area (Å²) in [7, 11) is 0. The molecule has 2 N–H and O–H groups in total. The average molecular weight is 425 g/mol. The molecule has 0 saturated heterocycles. The molecule has 1 heterocycles. The lowest BCUT2D eigenvalue weighted by molar-refractivity contribution is 0.102. The number of aromatic nitrogens is 1. The number of aryl methyl sites for hydroxylation is 1. The van der Waals surface area contributed by atoms with Crippen molar-refractivity contribution in [3.05, 3.63) is 114 Å². The van der Waals surface area contributed by atoms with E-state index >= 15 is 0 Å². The first-order chi connectivity index (χ1) is 15.5. The van der Waals surface area contributed by atoms with Crippen LogP contribution in [-0.4, -0.2) is 16.8 Å². The zero-order chi connectivity index (χ0) is 22.5. The normalized spacial score (nSPS) is 10.4. The molecule has 0 aliphatic rings. The first-order valence-electron chi connectivity index (χ1n) is 9.99. The maximum absolute atomic E-state index is 13.1. The Bertz CT molecular complexity index is 1270. The van der Waals surface area contributed by atoms with Crippen molar-refractivity contribution in [3.63, 3.8) is 0 Å². The van der Waals surface area contributed by atoms with E-state index in [1.807, 2.05) is 37.3 Å². The Labute approximate surface area is 185 Å². The van der Waals surface area contributed by atoms with E-state index in [2.05, 4.69) is 15.6 Å². The van der Waals surface area contributed by atoms with Crippen LogP contribution in [0.1, 0.15) is 26.3 Å². The molecule has 0 unspecified atom stereocenters. The van der Waals surface area contributed by atoms with Crippen LogP contribution in [0.25, 0.3) is 11.1 Å². The van der Waals surface area contributed by atoms with Gasteiger partial charge in [-0.05, 0) is 61.5 Å². The van der Waals surface area contributed by atoms with Crippen molar-refractivity contribution in [1.82, 2.24) is 4.98 Å². The molecule has 0 saturated carbocycles. The number of carbonyl (C=O) groups is 2. The van der Waals surface area contributed by atoms with Gasteiger partial charge < -0.3 is 10.6 Å². The summed E-state index contributed by atoms with van der Waals surface area (Å²) in [6.45, 7) is 1.98. The van der Waals surface area contributed by atoms with Crippen molar-refractivity contribution < 1.29 is 14.0 Å². The highest BCUT2D eigenvalue weighted by Crippen LogP contribution is 2.29. The zero-order valence-corrected chi connectivity index (χ0v) is 17.3. The van der Waals surface area contributed by atoms with E-state index in [9.17, 15) is 14.0 Å². The van der Waals surface area contributed by atoms with Gasteiger partial charge in [0.05, 0.1) is 11.3 Å². The molecule has 5 nitrogen and oxygen atoms in total. The van der Waals surface area contributed by atoms with Crippen molar-refractivity contribution >= 4 is 23.2 Å². The van der Waals surface area contributed by atoms with Crippen LogP contribution in [0.5, 0.6) is 0 Å². The molecule has 0 bridgehead atoms. The first-order valence-corrected chi connectivity index (χ1v) is 9.99. The SMILES string of the molecule is Cc1ccc(NC(=O)c2ccccc2NC(=O)c2ccc(F)cc2)c(-c2cccnc2)c1. The Morgan fingerprint density at radius 1 is 0.812 bits per heavy atom. The minimum atomic E-state index is -0.434. The molecule has 0 aliphatic heterocycles. The fourth-order valence-electron chi connectivity index (χ4n) is 3.30. The lowest BCUT2D eigenvalue weighted by atomic mass is 10.0. The molecule has 2 amide bonds. The Hall–Kier alpha value is -4.32. The topological polar surface area (TPSA) is 71.1 Å². The molecular weight excluding hydrogens is 405 g/mol. The van der Waals surface area contributed by atoms with Gasteiger partial charge in [-0.15, -0.1) is 0 Å². The summed E-state index contributed by atoms with van der Waals surface area (Å²) in [5.74, 6) is -1.23. The van der Waals surface area contributed by atoms with Crippen molar-refractivity contribution in [2.75, 3.05) is 10.6 Å². The van der Waals surface area contributed by atoms with Gasteiger partial charge in [0.2, 0.25) is 0 Å². The number of amides is 2. The molecule has 0 spiro atoms. The van der Waals surface area contributed by atoms with Crippen molar-refractivity contribution in [3.8, 4) is 11.1 Å². The van der Waals surface area contributed by atoms with Gasteiger partial charge in [0.15, 0.2) is 0 Å².